The minimum absolute atomic E-state index is 0.112. The van der Waals surface area contributed by atoms with Gasteiger partial charge in [-0.3, -0.25) is 9.59 Å². The number of hydrogen-bond donors (Lipinski definition) is 1. The van der Waals surface area contributed by atoms with E-state index in [2.05, 4.69) is 17.3 Å². The first-order chi connectivity index (χ1) is 9.06. The molecule has 106 valence electrons. The Morgan fingerprint density at radius 3 is 2.42 bits per heavy atom. The van der Waals surface area contributed by atoms with E-state index in [4.69, 9.17) is 4.84 Å². The average molecular weight is 269 g/mol. The van der Waals surface area contributed by atoms with Crippen LogP contribution in [0.15, 0.2) is 0 Å². The Hall–Kier alpha value is -1.63. The van der Waals surface area contributed by atoms with Gasteiger partial charge in [-0.25, -0.2) is 4.79 Å². The molecule has 3 amide bonds. The van der Waals surface area contributed by atoms with Crippen molar-refractivity contribution < 1.29 is 19.2 Å². The average Bonchev–Trinajstić information content (AvgIpc) is 2.70. The van der Waals surface area contributed by atoms with Crippen LogP contribution in [-0.2, 0) is 14.4 Å². The van der Waals surface area contributed by atoms with Crippen LogP contribution in [0.25, 0.3) is 0 Å². The highest BCUT2D eigenvalue weighted by atomic mass is 16.7. The van der Waals surface area contributed by atoms with Crippen LogP contribution in [0.3, 0.4) is 0 Å². The summed E-state index contributed by atoms with van der Waals surface area (Å²) >= 11 is 0. The number of carbonyl (C=O) groups excluding carboxylic acids is 3. The fourth-order valence-corrected chi connectivity index (χ4v) is 2.27. The Balaban J connectivity index is 1.70. The van der Waals surface area contributed by atoms with Crippen LogP contribution in [0.4, 0.5) is 4.79 Å². The van der Waals surface area contributed by atoms with Gasteiger partial charge in [0, 0.05) is 19.4 Å². The minimum Gasteiger partial charge on any atom is -0.319 e. The largest absolute Gasteiger partial charge is 0.432 e. The Morgan fingerprint density at radius 2 is 1.84 bits per heavy atom. The van der Waals surface area contributed by atoms with Gasteiger partial charge in [-0.05, 0) is 38.9 Å². The molecule has 0 saturated carbocycles. The van der Waals surface area contributed by atoms with Crippen molar-refractivity contribution in [2.24, 2.45) is 5.92 Å². The molecule has 2 heterocycles. The van der Waals surface area contributed by atoms with Crippen LogP contribution in [0.2, 0.25) is 0 Å². The number of hydroxylamine groups is 2. The van der Waals surface area contributed by atoms with E-state index < -0.39 is 17.9 Å². The summed E-state index contributed by atoms with van der Waals surface area (Å²) in [5, 5.41) is 3.17. The number of likely N-dealkylation sites (tertiary alicyclic amines) is 1. The monoisotopic (exact) mass is 269 g/mol. The van der Waals surface area contributed by atoms with Crippen molar-refractivity contribution >= 4 is 17.9 Å². The predicted octanol–water partition coefficient (Wildman–Crippen LogP) is 0.118. The molecule has 0 aromatic rings. The molecular formula is C12H19N3O4. The number of carbonyl (C=O) groups is 3. The highest BCUT2D eigenvalue weighted by molar-refractivity contribution is 6.01. The van der Waals surface area contributed by atoms with Crippen molar-refractivity contribution in [1.82, 2.24) is 15.3 Å². The molecule has 2 aliphatic rings. The summed E-state index contributed by atoms with van der Waals surface area (Å²) in [5.41, 5.74) is 0. The summed E-state index contributed by atoms with van der Waals surface area (Å²) in [6, 6.07) is 0. The first-order valence-electron chi connectivity index (χ1n) is 6.56. The lowest BCUT2D eigenvalue weighted by Crippen LogP contribution is -2.40. The Kier molecular flexibility index (Phi) is 4.36. The van der Waals surface area contributed by atoms with Gasteiger partial charge in [-0.1, -0.05) is 0 Å². The van der Waals surface area contributed by atoms with Gasteiger partial charge in [0.25, 0.3) is 11.8 Å². The Morgan fingerprint density at radius 1 is 1.26 bits per heavy atom. The molecule has 19 heavy (non-hydrogen) atoms. The van der Waals surface area contributed by atoms with Gasteiger partial charge in [-0.2, -0.15) is 0 Å². The summed E-state index contributed by atoms with van der Waals surface area (Å²) in [6.45, 7) is 2.55. The predicted molar refractivity (Wildman–Crippen MR) is 65.8 cm³/mol. The smallest absolute Gasteiger partial charge is 0.319 e. The Labute approximate surface area is 111 Å². The maximum atomic E-state index is 11.5. The summed E-state index contributed by atoms with van der Waals surface area (Å²) < 4.78 is 0. The van der Waals surface area contributed by atoms with Crippen molar-refractivity contribution in [1.29, 1.82) is 0 Å². The van der Waals surface area contributed by atoms with Crippen molar-refractivity contribution in [2.75, 3.05) is 26.7 Å². The minimum atomic E-state index is -0.734. The van der Waals surface area contributed by atoms with Gasteiger partial charge in [0.15, 0.2) is 0 Å². The molecule has 0 atom stereocenters. The summed E-state index contributed by atoms with van der Waals surface area (Å²) in [6.07, 6.45) is 1.54. The van der Waals surface area contributed by atoms with E-state index in [0.29, 0.717) is 17.5 Å². The topological polar surface area (TPSA) is 79.0 Å². The van der Waals surface area contributed by atoms with E-state index in [1.807, 2.05) is 0 Å². The van der Waals surface area contributed by atoms with Crippen LogP contribution in [0.5, 0.6) is 0 Å². The van der Waals surface area contributed by atoms with Crippen molar-refractivity contribution in [3.05, 3.63) is 0 Å². The molecule has 0 spiro atoms. The molecule has 0 bridgehead atoms. The number of piperidine rings is 1. The summed E-state index contributed by atoms with van der Waals surface area (Å²) in [7, 11) is 2.07. The molecule has 7 nitrogen and oxygen atoms in total. The number of nitrogens with one attached hydrogen (secondary N) is 1. The normalized spacial score (nSPS) is 21.8. The third kappa shape index (κ3) is 3.66. The SMILES string of the molecule is CN1CCC(CNC(=O)ON2C(=O)CCC2=O)CC1. The fourth-order valence-electron chi connectivity index (χ4n) is 2.27. The fraction of sp³-hybridized carbons (Fsp3) is 0.750. The second-order valence-electron chi connectivity index (χ2n) is 5.09. The van der Waals surface area contributed by atoms with E-state index in [1.54, 1.807) is 0 Å². The highest BCUT2D eigenvalue weighted by Gasteiger charge is 2.33. The molecule has 2 rings (SSSR count). The lowest BCUT2D eigenvalue weighted by atomic mass is 9.97. The van der Waals surface area contributed by atoms with Gasteiger partial charge in [0.05, 0.1) is 0 Å². The van der Waals surface area contributed by atoms with Crippen molar-refractivity contribution in [3.63, 3.8) is 0 Å². The third-order valence-electron chi connectivity index (χ3n) is 3.55. The van der Waals surface area contributed by atoms with Crippen molar-refractivity contribution in [2.45, 2.75) is 25.7 Å². The van der Waals surface area contributed by atoms with Gasteiger partial charge < -0.3 is 15.1 Å². The molecule has 0 aliphatic carbocycles. The Bertz CT molecular complexity index is 361. The summed E-state index contributed by atoms with van der Waals surface area (Å²) in [4.78, 5) is 41.0. The number of imide groups is 1. The number of rotatable bonds is 3. The van der Waals surface area contributed by atoms with Crippen LogP contribution >= 0.6 is 0 Å². The van der Waals surface area contributed by atoms with Crippen LogP contribution < -0.4 is 5.32 Å². The molecule has 2 fully saturated rings. The molecular weight excluding hydrogens is 250 g/mol. The number of nitrogens with zero attached hydrogens (tertiary/aromatic N) is 2. The molecule has 0 radical (unpaired) electrons. The van der Waals surface area contributed by atoms with Gasteiger partial charge in [0.1, 0.15) is 0 Å². The van der Waals surface area contributed by atoms with Crippen LogP contribution in [0, 0.1) is 5.92 Å². The van der Waals surface area contributed by atoms with E-state index in [0.717, 1.165) is 25.9 Å². The molecule has 0 unspecified atom stereocenters. The second kappa shape index (κ2) is 6.01. The van der Waals surface area contributed by atoms with Crippen LogP contribution in [0.1, 0.15) is 25.7 Å². The second-order valence-corrected chi connectivity index (χ2v) is 5.09. The van der Waals surface area contributed by atoms with Gasteiger partial charge in [0.2, 0.25) is 0 Å². The molecule has 0 aromatic carbocycles. The zero-order valence-electron chi connectivity index (χ0n) is 11.1. The quantitative estimate of drug-likeness (QED) is 0.736. The molecule has 7 heteroatoms. The van der Waals surface area contributed by atoms with Gasteiger partial charge >= 0.3 is 6.09 Å². The lowest BCUT2D eigenvalue weighted by molar-refractivity contribution is -0.171. The maximum absolute atomic E-state index is 11.5. The molecule has 0 aromatic heterocycles. The van der Waals surface area contributed by atoms with E-state index in [9.17, 15) is 14.4 Å². The van der Waals surface area contributed by atoms with Crippen molar-refractivity contribution in [3.8, 4) is 0 Å². The number of amides is 3. The lowest BCUT2D eigenvalue weighted by Gasteiger charge is -2.28. The molecule has 2 aliphatic heterocycles. The first-order valence-corrected chi connectivity index (χ1v) is 6.56. The van der Waals surface area contributed by atoms with Gasteiger partial charge in [-0.15, -0.1) is 5.06 Å². The zero-order valence-corrected chi connectivity index (χ0v) is 11.1. The van der Waals surface area contributed by atoms with E-state index in [-0.39, 0.29) is 12.8 Å². The highest BCUT2D eigenvalue weighted by Crippen LogP contribution is 2.15. The summed E-state index contributed by atoms with van der Waals surface area (Å²) in [5.74, 6) is -0.493. The van der Waals surface area contributed by atoms with E-state index in [1.165, 1.54) is 0 Å². The first kappa shape index (κ1) is 13.8. The zero-order chi connectivity index (χ0) is 13.8. The third-order valence-corrected chi connectivity index (χ3v) is 3.55. The maximum Gasteiger partial charge on any atom is 0.432 e. The van der Waals surface area contributed by atoms with E-state index >= 15 is 0 Å². The number of hydrogen-bond acceptors (Lipinski definition) is 5. The molecule has 2 saturated heterocycles. The standard InChI is InChI=1S/C12H19N3O4/c1-14-6-4-9(5-7-14)8-13-12(18)19-15-10(16)2-3-11(15)17/h9H,2-8H2,1H3,(H,13,18). The molecule has 1 N–H and O–H groups in total. The van der Waals surface area contributed by atoms with Crippen LogP contribution in [-0.4, -0.2) is 54.6 Å².